The van der Waals surface area contributed by atoms with Crippen LogP contribution in [0, 0.1) is 6.92 Å². The van der Waals surface area contributed by atoms with Crippen molar-refractivity contribution in [2.24, 2.45) is 0 Å². The molecule has 0 saturated heterocycles. The fourth-order valence-electron chi connectivity index (χ4n) is 4.69. The summed E-state index contributed by atoms with van der Waals surface area (Å²) in [4.78, 5) is 30.7. The molecule has 1 saturated carbocycles. The Hall–Kier alpha value is -3.54. The first-order chi connectivity index (χ1) is 16.2. The molecule has 3 aromatic rings. The third-order valence-electron chi connectivity index (χ3n) is 6.42. The van der Waals surface area contributed by atoms with E-state index < -0.39 is 0 Å². The molecule has 0 bridgehead atoms. The lowest BCUT2D eigenvalue weighted by Gasteiger charge is -2.39. The van der Waals surface area contributed by atoms with Gasteiger partial charge in [-0.05, 0) is 70.4 Å². The Bertz CT molecular complexity index is 1220. The SMILES string of the molecule is Cc1ccc(C2c3cccn3-c3ccccc3N2C(=O)CN(C(=O)NC(C)(C)C)C2CC2)cc1. The van der Waals surface area contributed by atoms with Gasteiger partial charge in [-0.25, -0.2) is 4.79 Å². The Kier molecular flexibility index (Phi) is 5.47. The fourth-order valence-corrected chi connectivity index (χ4v) is 4.69. The van der Waals surface area contributed by atoms with E-state index in [4.69, 9.17) is 0 Å². The van der Waals surface area contributed by atoms with Gasteiger partial charge in [-0.2, -0.15) is 0 Å². The Labute approximate surface area is 201 Å². The van der Waals surface area contributed by atoms with E-state index in [0.29, 0.717) is 0 Å². The average Bonchev–Trinajstić information content (AvgIpc) is 3.51. The zero-order valence-electron chi connectivity index (χ0n) is 20.3. The first-order valence-electron chi connectivity index (χ1n) is 12.0. The predicted octanol–water partition coefficient (Wildman–Crippen LogP) is 5.19. The largest absolute Gasteiger partial charge is 0.333 e. The number of carbonyl (C=O) groups excluding carboxylic acids is 2. The number of nitrogens with one attached hydrogen (secondary N) is 1. The van der Waals surface area contributed by atoms with Crippen molar-refractivity contribution in [3.05, 3.63) is 83.7 Å². The Morgan fingerprint density at radius 3 is 2.29 bits per heavy atom. The molecule has 6 heteroatoms. The summed E-state index contributed by atoms with van der Waals surface area (Å²) >= 11 is 0. The number of aryl methyl sites for hydroxylation is 1. The van der Waals surface area contributed by atoms with Crippen LogP contribution in [0.4, 0.5) is 10.5 Å². The van der Waals surface area contributed by atoms with Gasteiger partial charge in [-0.15, -0.1) is 0 Å². The fraction of sp³-hybridized carbons (Fsp3) is 0.357. The van der Waals surface area contributed by atoms with E-state index in [1.54, 1.807) is 4.90 Å². The average molecular weight is 457 g/mol. The van der Waals surface area contributed by atoms with Crippen molar-refractivity contribution >= 4 is 17.6 Å². The van der Waals surface area contributed by atoms with Crippen LogP contribution in [0.1, 0.15) is 56.5 Å². The number of benzene rings is 2. The van der Waals surface area contributed by atoms with Gasteiger partial charge in [0, 0.05) is 17.8 Å². The van der Waals surface area contributed by atoms with E-state index in [2.05, 4.69) is 47.1 Å². The number of amides is 3. The third-order valence-corrected chi connectivity index (χ3v) is 6.42. The molecule has 1 aliphatic carbocycles. The predicted molar refractivity (Wildman–Crippen MR) is 134 cm³/mol. The summed E-state index contributed by atoms with van der Waals surface area (Å²) in [6.45, 7) is 7.98. The summed E-state index contributed by atoms with van der Waals surface area (Å²) in [5, 5.41) is 3.04. The molecule has 1 N–H and O–H groups in total. The summed E-state index contributed by atoms with van der Waals surface area (Å²) in [6, 6.07) is 20.1. The molecule has 2 aliphatic rings. The highest BCUT2D eigenvalue weighted by molar-refractivity contribution is 6.00. The second kappa shape index (κ2) is 8.35. The maximum atomic E-state index is 14.1. The molecule has 5 rings (SSSR count). The number of anilines is 1. The van der Waals surface area contributed by atoms with E-state index in [-0.39, 0.29) is 36.1 Å². The number of rotatable bonds is 4. The topological polar surface area (TPSA) is 57.6 Å². The van der Waals surface area contributed by atoms with Crippen LogP contribution in [0.2, 0.25) is 0 Å². The van der Waals surface area contributed by atoms with Gasteiger partial charge in [0.2, 0.25) is 5.91 Å². The van der Waals surface area contributed by atoms with Gasteiger partial charge in [-0.1, -0.05) is 42.0 Å². The molecule has 0 radical (unpaired) electrons. The van der Waals surface area contributed by atoms with Crippen LogP contribution in [0.5, 0.6) is 0 Å². The molecule has 1 unspecified atom stereocenters. The summed E-state index contributed by atoms with van der Waals surface area (Å²) in [7, 11) is 0. The molecule has 3 amide bonds. The van der Waals surface area contributed by atoms with Gasteiger partial charge in [-0.3, -0.25) is 9.69 Å². The maximum absolute atomic E-state index is 14.1. The highest BCUT2D eigenvalue weighted by Gasteiger charge is 2.40. The van der Waals surface area contributed by atoms with Crippen LogP contribution in [0.3, 0.4) is 0 Å². The lowest BCUT2D eigenvalue weighted by molar-refractivity contribution is -0.119. The molecule has 1 aromatic heterocycles. The zero-order chi connectivity index (χ0) is 24.0. The minimum atomic E-state index is -0.365. The number of aromatic nitrogens is 1. The highest BCUT2D eigenvalue weighted by atomic mass is 16.2. The minimum absolute atomic E-state index is 0.0456. The van der Waals surface area contributed by atoms with Crippen molar-refractivity contribution < 1.29 is 9.59 Å². The van der Waals surface area contributed by atoms with Crippen LogP contribution in [-0.4, -0.2) is 39.5 Å². The number of nitrogens with zero attached hydrogens (tertiary/aromatic N) is 3. The molecule has 1 aliphatic heterocycles. The van der Waals surface area contributed by atoms with Crippen molar-refractivity contribution in [1.29, 1.82) is 0 Å². The second-order valence-corrected chi connectivity index (χ2v) is 10.4. The van der Waals surface area contributed by atoms with Crippen LogP contribution in [-0.2, 0) is 4.79 Å². The van der Waals surface area contributed by atoms with Crippen molar-refractivity contribution in [3.63, 3.8) is 0 Å². The summed E-state index contributed by atoms with van der Waals surface area (Å²) < 4.78 is 2.16. The van der Waals surface area contributed by atoms with E-state index in [1.165, 1.54) is 5.56 Å². The van der Waals surface area contributed by atoms with E-state index in [9.17, 15) is 9.59 Å². The first kappa shape index (κ1) is 22.3. The van der Waals surface area contributed by atoms with Gasteiger partial charge < -0.3 is 14.8 Å². The standard InChI is InChI=1S/C28H32N4O2/c1-19-11-13-20(14-12-19)26-24-10-7-17-30(24)22-8-5-6-9-23(22)32(26)25(33)18-31(21-15-16-21)27(34)29-28(2,3)4/h5-14,17,21,26H,15-16,18H2,1-4H3,(H,29,34). The molecular weight excluding hydrogens is 424 g/mol. The van der Waals surface area contributed by atoms with E-state index in [0.717, 1.165) is 35.5 Å². The Morgan fingerprint density at radius 2 is 1.65 bits per heavy atom. The number of hydrogen-bond acceptors (Lipinski definition) is 2. The van der Waals surface area contributed by atoms with Crippen LogP contribution >= 0.6 is 0 Å². The van der Waals surface area contributed by atoms with Crippen molar-refractivity contribution in [3.8, 4) is 5.69 Å². The first-order valence-corrected chi connectivity index (χ1v) is 12.0. The normalized spacial score (nSPS) is 17.1. The lowest BCUT2D eigenvalue weighted by Crippen LogP contribution is -2.53. The number of carbonyl (C=O) groups is 2. The van der Waals surface area contributed by atoms with Gasteiger partial charge in [0.05, 0.1) is 17.1 Å². The smallest absolute Gasteiger partial charge is 0.318 e. The Balaban J connectivity index is 1.55. The number of para-hydroxylation sites is 2. The lowest BCUT2D eigenvalue weighted by atomic mass is 9.97. The summed E-state index contributed by atoms with van der Waals surface area (Å²) in [5.41, 5.74) is 4.71. The quantitative estimate of drug-likeness (QED) is 0.587. The molecule has 1 fully saturated rings. The van der Waals surface area contributed by atoms with E-state index >= 15 is 0 Å². The zero-order valence-corrected chi connectivity index (χ0v) is 20.3. The molecule has 6 nitrogen and oxygen atoms in total. The van der Waals surface area contributed by atoms with E-state index in [1.807, 2.05) is 62.2 Å². The Morgan fingerprint density at radius 1 is 0.971 bits per heavy atom. The maximum Gasteiger partial charge on any atom is 0.318 e. The molecule has 0 spiro atoms. The van der Waals surface area contributed by atoms with Crippen molar-refractivity contribution in [2.75, 3.05) is 11.4 Å². The molecule has 2 aromatic carbocycles. The molecule has 176 valence electrons. The third kappa shape index (κ3) is 4.20. The van der Waals surface area contributed by atoms with Crippen molar-refractivity contribution in [2.45, 2.75) is 58.2 Å². The highest BCUT2D eigenvalue weighted by Crippen LogP contribution is 2.42. The molecule has 2 heterocycles. The van der Waals surface area contributed by atoms with Crippen molar-refractivity contribution in [1.82, 2.24) is 14.8 Å². The second-order valence-electron chi connectivity index (χ2n) is 10.4. The van der Waals surface area contributed by atoms with Gasteiger partial charge in [0.1, 0.15) is 12.6 Å². The minimum Gasteiger partial charge on any atom is -0.333 e. The van der Waals surface area contributed by atoms with Crippen LogP contribution in [0.15, 0.2) is 66.9 Å². The summed E-state index contributed by atoms with van der Waals surface area (Å²) in [6.07, 6.45) is 3.92. The van der Waals surface area contributed by atoms with Crippen LogP contribution < -0.4 is 10.2 Å². The number of fused-ring (bicyclic) bond motifs is 3. The number of hydrogen-bond donors (Lipinski definition) is 1. The van der Waals surface area contributed by atoms with Crippen LogP contribution in [0.25, 0.3) is 5.69 Å². The number of urea groups is 1. The van der Waals surface area contributed by atoms with Gasteiger partial charge in [0.15, 0.2) is 0 Å². The molecular formula is C28H32N4O2. The van der Waals surface area contributed by atoms with Gasteiger partial charge >= 0.3 is 6.03 Å². The molecule has 1 atom stereocenters. The van der Waals surface area contributed by atoms with Gasteiger partial charge in [0.25, 0.3) is 0 Å². The monoisotopic (exact) mass is 456 g/mol. The summed E-state index contributed by atoms with van der Waals surface area (Å²) in [5.74, 6) is -0.0820. The molecule has 34 heavy (non-hydrogen) atoms.